The van der Waals surface area contributed by atoms with Gasteiger partial charge in [-0.3, -0.25) is 29.5 Å². The van der Waals surface area contributed by atoms with Gasteiger partial charge in [0.25, 0.3) is 11.6 Å². The SMILES string of the molecule is O=C(NSc1ccc(N[C@H]2COCCO2)c([N+](=O)[O-])c1)C1C=C(Oc2cnc3[nH]ccc3c2)C=C(N2CCN(CCC3=C(c4ccc(Cl)cc4)CC4(CCC4)CC3)CC2)C=N1. The smallest absolute Gasteiger partial charge is 0.293 e. The van der Waals surface area contributed by atoms with Crippen LogP contribution in [0, 0.1) is 15.5 Å². The van der Waals surface area contributed by atoms with E-state index in [9.17, 15) is 14.9 Å². The van der Waals surface area contributed by atoms with Crippen LogP contribution in [-0.2, 0) is 14.3 Å². The fourth-order valence-electron chi connectivity index (χ4n) is 8.85. The van der Waals surface area contributed by atoms with Crippen LogP contribution in [0.2, 0.25) is 5.02 Å². The molecular weight excluding hydrogens is 816 g/mol. The van der Waals surface area contributed by atoms with Gasteiger partial charge in [-0.1, -0.05) is 35.7 Å². The van der Waals surface area contributed by atoms with Crippen molar-refractivity contribution in [1.29, 1.82) is 0 Å². The van der Waals surface area contributed by atoms with E-state index in [2.05, 4.69) is 41.9 Å². The Bertz CT molecular complexity index is 2380. The minimum absolute atomic E-state index is 0.144. The van der Waals surface area contributed by atoms with Crippen LogP contribution in [0.3, 0.4) is 0 Å². The Balaban J connectivity index is 0.867. The number of H-pyrrole nitrogens is 1. The molecule has 3 N–H and O–H groups in total. The maximum Gasteiger partial charge on any atom is 0.293 e. The number of nitro benzene ring substituents is 1. The molecule has 2 aliphatic carbocycles. The van der Waals surface area contributed by atoms with Gasteiger partial charge in [0.05, 0.1) is 36.6 Å². The summed E-state index contributed by atoms with van der Waals surface area (Å²) in [5.41, 5.74) is 6.70. The molecule has 2 saturated heterocycles. The Kier molecular flexibility index (Phi) is 12.4. The summed E-state index contributed by atoms with van der Waals surface area (Å²) in [5, 5.41) is 16.7. The van der Waals surface area contributed by atoms with Crippen molar-refractivity contribution in [2.75, 3.05) is 57.9 Å². The van der Waals surface area contributed by atoms with Gasteiger partial charge >= 0.3 is 0 Å². The van der Waals surface area contributed by atoms with Gasteiger partial charge in [0, 0.05) is 72.6 Å². The van der Waals surface area contributed by atoms with Gasteiger partial charge in [-0.2, -0.15) is 0 Å². The van der Waals surface area contributed by atoms with E-state index >= 15 is 0 Å². The van der Waals surface area contributed by atoms with Gasteiger partial charge in [0.1, 0.15) is 22.8 Å². The zero-order chi connectivity index (χ0) is 41.8. The lowest BCUT2D eigenvalue weighted by Crippen LogP contribution is -2.46. The molecule has 5 aliphatic rings. The number of pyridine rings is 1. The number of halogens is 1. The lowest BCUT2D eigenvalue weighted by Gasteiger charge is -2.47. The zero-order valence-corrected chi connectivity index (χ0v) is 35.4. The van der Waals surface area contributed by atoms with E-state index in [0.717, 1.165) is 72.8 Å². The number of nitro groups is 1. The third kappa shape index (κ3) is 9.81. The van der Waals surface area contributed by atoms with Crippen molar-refractivity contribution in [2.45, 2.75) is 62.1 Å². The predicted octanol–water partition coefficient (Wildman–Crippen LogP) is 8.15. The van der Waals surface area contributed by atoms with Crippen LogP contribution >= 0.6 is 23.5 Å². The van der Waals surface area contributed by atoms with E-state index in [1.807, 2.05) is 36.5 Å². The van der Waals surface area contributed by atoms with Crippen LogP contribution in [-0.4, -0.2) is 102 Å². The molecule has 14 nitrogen and oxygen atoms in total. The summed E-state index contributed by atoms with van der Waals surface area (Å²) in [4.78, 5) is 42.9. The second-order valence-electron chi connectivity index (χ2n) is 16.3. The number of rotatable bonds is 13. The molecule has 3 aliphatic heterocycles. The minimum atomic E-state index is -0.932. The molecule has 1 saturated carbocycles. The highest BCUT2D eigenvalue weighted by molar-refractivity contribution is 7.98. The third-order valence-electron chi connectivity index (χ3n) is 12.4. The van der Waals surface area contributed by atoms with Gasteiger partial charge < -0.3 is 29.4 Å². The standard InChI is InChI=1S/C45H49ClN8O6S/c46-33-4-2-30(3-5-33)38-26-45(11-1-12-45)13-8-31(38)10-15-52-16-18-53(19-17-52)34-23-35(60-36-22-32-9-14-47-43(32)49-28-36)24-40(48-27-34)44(55)51-61-37-6-7-39(41(25-37)54(56)57)50-42-29-58-20-21-59-42/h2-7,9,14,22-25,27-28,40,42,50H,1,8,10-13,15-21,26,29H2,(H,47,49)(H,51,55)/t40?,42-/m1/s1. The Morgan fingerprint density at radius 1 is 1.08 bits per heavy atom. The Labute approximate surface area is 363 Å². The topological polar surface area (TPSA) is 159 Å². The first-order valence-electron chi connectivity index (χ1n) is 21.0. The van der Waals surface area contributed by atoms with Gasteiger partial charge in [0.15, 0.2) is 12.3 Å². The fraction of sp³-hybridized carbons (Fsp3) is 0.400. The number of aromatic amines is 1. The van der Waals surface area contributed by atoms with Crippen LogP contribution < -0.4 is 14.8 Å². The van der Waals surface area contributed by atoms with Crippen molar-refractivity contribution >= 4 is 63.7 Å². The highest BCUT2D eigenvalue weighted by Crippen LogP contribution is 2.55. The fourth-order valence-corrected chi connectivity index (χ4v) is 9.63. The quantitative estimate of drug-likeness (QED) is 0.0677. The van der Waals surface area contributed by atoms with Crippen molar-refractivity contribution in [1.82, 2.24) is 24.5 Å². The van der Waals surface area contributed by atoms with Crippen LogP contribution in [0.5, 0.6) is 5.75 Å². The number of benzene rings is 2. The number of amides is 1. The van der Waals surface area contributed by atoms with Gasteiger partial charge in [0.2, 0.25) is 0 Å². The molecular formula is C45H49ClN8O6S. The number of anilines is 1. The second kappa shape index (κ2) is 18.4. The molecule has 5 heterocycles. The minimum Gasteiger partial charge on any atom is -0.456 e. The molecule has 1 amide bonds. The first kappa shape index (κ1) is 41.2. The Hall–Kier alpha value is -5.19. The van der Waals surface area contributed by atoms with Gasteiger partial charge in [-0.05, 0) is 109 Å². The number of nitrogens with one attached hydrogen (secondary N) is 3. The number of hydrogen-bond acceptors (Lipinski definition) is 12. The molecule has 0 radical (unpaired) electrons. The van der Waals surface area contributed by atoms with E-state index in [1.165, 1.54) is 55.7 Å². The number of allylic oxidation sites excluding steroid dienone is 3. The summed E-state index contributed by atoms with van der Waals surface area (Å²) in [7, 11) is 0. The molecule has 0 bridgehead atoms. The predicted molar refractivity (Wildman–Crippen MR) is 238 cm³/mol. The van der Waals surface area contributed by atoms with Crippen LogP contribution in [0.25, 0.3) is 16.6 Å². The Morgan fingerprint density at radius 3 is 2.70 bits per heavy atom. The molecule has 2 atom stereocenters. The van der Waals surface area contributed by atoms with E-state index < -0.39 is 23.1 Å². The molecule has 61 heavy (non-hydrogen) atoms. The molecule has 4 aromatic rings. The summed E-state index contributed by atoms with van der Waals surface area (Å²) in [6, 6.07) is 16.0. The number of aliphatic imine (C=N–C) groups is 1. The summed E-state index contributed by atoms with van der Waals surface area (Å²) in [6.07, 6.45) is 17.1. The first-order chi connectivity index (χ1) is 29.8. The number of nitrogens with zero attached hydrogens (tertiary/aromatic N) is 5. The first-order valence-corrected chi connectivity index (χ1v) is 22.2. The second-order valence-corrected chi connectivity index (χ2v) is 17.6. The molecule has 1 unspecified atom stereocenters. The monoisotopic (exact) mass is 864 g/mol. The number of ether oxygens (including phenoxy) is 3. The maximum atomic E-state index is 13.7. The number of fused-ring (bicyclic) bond motifs is 1. The third-order valence-corrected chi connectivity index (χ3v) is 13.5. The summed E-state index contributed by atoms with van der Waals surface area (Å²) < 4.78 is 20.3. The molecule has 2 aromatic carbocycles. The number of carbonyl (C=O) groups is 1. The van der Waals surface area contributed by atoms with Crippen molar-refractivity contribution in [3.05, 3.63) is 117 Å². The maximum absolute atomic E-state index is 13.7. The van der Waals surface area contributed by atoms with Crippen LogP contribution in [0.1, 0.15) is 50.5 Å². The lowest BCUT2D eigenvalue weighted by atomic mass is 9.59. The van der Waals surface area contributed by atoms with Crippen molar-refractivity contribution in [2.24, 2.45) is 10.4 Å². The number of carbonyl (C=O) groups excluding carboxylic acids is 1. The van der Waals surface area contributed by atoms with Crippen molar-refractivity contribution in [3.63, 3.8) is 0 Å². The van der Waals surface area contributed by atoms with E-state index in [1.54, 1.807) is 36.2 Å². The van der Waals surface area contributed by atoms with Gasteiger partial charge in [-0.25, -0.2) is 4.98 Å². The number of aromatic nitrogens is 2. The summed E-state index contributed by atoms with van der Waals surface area (Å²) >= 11 is 7.26. The molecule has 2 aromatic heterocycles. The summed E-state index contributed by atoms with van der Waals surface area (Å²) in [6.45, 7) is 5.55. The normalized spacial score (nSPS) is 21.7. The Morgan fingerprint density at radius 2 is 1.93 bits per heavy atom. The average molecular weight is 865 g/mol. The molecule has 9 rings (SSSR count). The number of hydrogen-bond donors (Lipinski definition) is 3. The van der Waals surface area contributed by atoms with Crippen LogP contribution in [0.4, 0.5) is 11.4 Å². The van der Waals surface area contributed by atoms with Crippen molar-refractivity contribution < 1.29 is 23.9 Å². The lowest BCUT2D eigenvalue weighted by molar-refractivity contribution is -0.384. The zero-order valence-electron chi connectivity index (χ0n) is 33.8. The average Bonchev–Trinajstić information content (AvgIpc) is 3.64. The van der Waals surface area contributed by atoms with Crippen LogP contribution in [0.15, 0.2) is 106 Å². The largest absolute Gasteiger partial charge is 0.456 e. The molecule has 3 fully saturated rings. The van der Waals surface area contributed by atoms with E-state index in [-0.39, 0.29) is 12.3 Å². The molecule has 318 valence electrons. The summed E-state index contributed by atoms with van der Waals surface area (Å²) in [5.74, 6) is 0.579. The van der Waals surface area contributed by atoms with E-state index in [4.69, 9.17) is 30.8 Å². The van der Waals surface area contributed by atoms with Crippen molar-refractivity contribution in [3.8, 4) is 5.75 Å². The van der Waals surface area contributed by atoms with E-state index in [0.29, 0.717) is 40.7 Å². The highest BCUT2D eigenvalue weighted by Gasteiger charge is 2.40. The molecule has 16 heteroatoms. The van der Waals surface area contributed by atoms with Gasteiger partial charge in [-0.15, -0.1) is 0 Å². The molecule has 1 spiro atoms. The highest BCUT2D eigenvalue weighted by atomic mass is 35.5. The number of piperazine rings is 1.